The number of hydrogen-bond acceptors (Lipinski definition) is 4. The minimum Gasteiger partial charge on any atom is -0.462 e. The maximum atomic E-state index is 11.4. The van der Waals surface area contributed by atoms with Crippen molar-refractivity contribution in [3.63, 3.8) is 0 Å². The van der Waals surface area contributed by atoms with Crippen molar-refractivity contribution in [2.24, 2.45) is 0 Å². The van der Waals surface area contributed by atoms with Gasteiger partial charge in [-0.2, -0.15) is 0 Å². The van der Waals surface area contributed by atoms with E-state index in [4.69, 9.17) is 9.47 Å². The molecular weight excluding hydrogens is 304 g/mol. The molecular formula is C20H38O4. The summed E-state index contributed by atoms with van der Waals surface area (Å²) in [6, 6.07) is 0. The lowest BCUT2D eigenvalue weighted by molar-refractivity contribution is -0.152. The Labute approximate surface area is 149 Å². The number of unbranched alkanes of at least 4 members (excludes halogenated alkanes) is 8. The lowest BCUT2D eigenvalue weighted by Crippen LogP contribution is -2.13. The summed E-state index contributed by atoms with van der Waals surface area (Å²) in [6.45, 7) is 10.7. The van der Waals surface area contributed by atoms with Gasteiger partial charge in [-0.05, 0) is 12.8 Å². The van der Waals surface area contributed by atoms with Crippen molar-refractivity contribution >= 4 is 11.9 Å². The van der Waals surface area contributed by atoms with Crippen LogP contribution < -0.4 is 0 Å². The van der Waals surface area contributed by atoms with Crippen molar-refractivity contribution in [2.75, 3.05) is 13.2 Å². The van der Waals surface area contributed by atoms with Crippen LogP contribution in [0.4, 0.5) is 0 Å². The van der Waals surface area contributed by atoms with E-state index < -0.39 is 0 Å². The van der Waals surface area contributed by atoms with Crippen molar-refractivity contribution in [1.82, 2.24) is 0 Å². The fraction of sp³-hybridized carbons (Fsp3) is 0.800. The Balaban J connectivity index is 0. The molecule has 4 nitrogen and oxygen atoms in total. The molecule has 0 aliphatic heterocycles. The summed E-state index contributed by atoms with van der Waals surface area (Å²) in [4.78, 5) is 22.9. The molecule has 0 saturated carbocycles. The van der Waals surface area contributed by atoms with Gasteiger partial charge in [-0.3, -0.25) is 9.59 Å². The van der Waals surface area contributed by atoms with E-state index in [-0.39, 0.29) is 25.2 Å². The van der Waals surface area contributed by atoms with Gasteiger partial charge in [0.1, 0.15) is 13.2 Å². The topological polar surface area (TPSA) is 52.6 Å². The number of carbonyl (C=O) groups excluding carboxylic acids is 2. The molecule has 0 amide bonds. The number of hydrogen-bond donors (Lipinski definition) is 0. The highest BCUT2D eigenvalue weighted by molar-refractivity contribution is 5.70. The van der Waals surface area contributed by atoms with E-state index in [2.05, 4.69) is 27.0 Å². The first-order valence-corrected chi connectivity index (χ1v) is 9.52. The van der Waals surface area contributed by atoms with E-state index >= 15 is 0 Å². The van der Waals surface area contributed by atoms with Crippen molar-refractivity contribution in [3.05, 3.63) is 13.2 Å². The molecule has 0 unspecified atom stereocenters. The molecule has 0 rings (SSSR count). The number of esters is 2. The molecule has 0 aromatic rings. The summed E-state index contributed by atoms with van der Waals surface area (Å²) in [7, 11) is 0. The van der Waals surface area contributed by atoms with Crippen LogP contribution in [0.2, 0.25) is 0 Å². The van der Waals surface area contributed by atoms with Crippen LogP contribution in [0, 0.1) is 0 Å². The van der Waals surface area contributed by atoms with E-state index in [1.807, 2.05) is 0 Å². The largest absolute Gasteiger partial charge is 0.462 e. The van der Waals surface area contributed by atoms with Gasteiger partial charge >= 0.3 is 11.9 Å². The van der Waals surface area contributed by atoms with Crippen molar-refractivity contribution in [2.45, 2.75) is 90.9 Å². The second-order valence-corrected chi connectivity index (χ2v) is 5.77. The average Bonchev–Trinajstić information content (AvgIpc) is 2.60. The van der Waals surface area contributed by atoms with Gasteiger partial charge in [0, 0.05) is 12.8 Å². The predicted molar refractivity (Wildman–Crippen MR) is 99.9 cm³/mol. The molecule has 4 heteroatoms. The van der Waals surface area contributed by atoms with Crippen LogP contribution in [-0.2, 0) is 19.1 Å². The molecule has 0 spiro atoms. The lowest BCUT2D eigenvalue weighted by Gasteiger charge is -2.06. The Bertz CT molecular complexity index is 261. The fourth-order valence-corrected chi connectivity index (χ4v) is 2.20. The Hall–Kier alpha value is -1.32. The zero-order valence-corrected chi connectivity index (χ0v) is 15.9. The van der Waals surface area contributed by atoms with Gasteiger partial charge in [-0.1, -0.05) is 65.2 Å². The van der Waals surface area contributed by atoms with Crippen LogP contribution >= 0.6 is 0 Å². The number of ether oxygens (including phenoxy) is 2. The smallest absolute Gasteiger partial charge is 0.305 e. The number of rotatable bonds is 15. The zero-order chi connectivity index (χ0) is 18.5. The van der Waals surface area contributed by atoms with Gasteiger partial charge in [-0.15, -0.1) is 13.2 Å². The van der Waals surface area contributed by atoms with Gasteiger partial charge in [-0.25, -0.2) is 0 Å². The molecule has 142 valence electrons. The second-order valence-electron chi connectivity index (χ2n) is 5.77. The third kappa shape index (κ3) is 20.7. The molecule has 0 saturated heterocycles. The summed E-state index contributed by atoms with van der Waals surface area (Å²) >= 11 is 0. The summed E-state index contributed by atoms with van der Waals surface area (Å²) in [5.74, 6) is -0.376. The van der Waals surface area contributed by atoms with Gasteiger partial charge in [0.15, 0.2) is 0 Å². The third-order valence-corrected chi connectivity index (χ3v) is 3.58. The van der Waals surface area contributed by atoms with E-state index in [1.165, 1.54) is 38.5 Å². The van der Waals surface area contributed by atoms with Crippen LogP contribution in [-0.4, -0.2) is 25.2 Å². The van der Waals surface area contributed by atoms with Crippen molar-refractivity contribution < 1.29 is 19.1 Å². The van der Waals surface area contributed by atoms with Gasteiger partial charge in [0.05, 0.1) is 0 Å². The maximum Gasteiger partial charge on any atom is 0.305 e. The molecule has 0 bridgehead atoms. The van der Waals surface area contributed by atoms with Crippen LogP contribution in [0.15, 0.2) is 13.2 Å². The summed E-state index contributed by atoms with van der Waals surface area (Å²) < 4.78 is 10.1. The standard InChI is InChI=1S/C18H34O4.C2H4/c1-3-5-7-9-11-13-17(19)21-15-16-22-18(20)14-12-10-8-6-4-2;1-2/h3-16H2,1-2H3;1-2H2. The zero-order valence-electron chi connectivity index (χ0n) is 15.9. The first kappa shape index (κ1) is 24.9. The first-order chi connectivity index (χ1) is 11.7. The van der Waals surface area contributed by atoms with Crippen LogP contribution in [0.5, 0.6) is 0 Å². The van der Waals surface area contributed by atoms with E-state index in [0.29, 0.717) is 12.8 Å². The monoisotopic (exact) mass is 342 g/mol. The second kappa shape index (κ2) is 21.7. The minimum absolute atomic E-state index is 0.176. The molecule has 0 aliphatic carbocycles. The van der Waals surface area contributed by atoms with E-state index in [0.717, 1.165) is 25.7 Å². The molecule has 0 aliphatic rings. The van der Waals surface area contributed by atoms with E-state index in [1.54, 1.807) is 0 Å². The average molecular weight is 343 g/mol. The molecule has 0 aromatic carbocycles. The molecule has 0 radical (unpaired) electrons. The predicted octanol–water partition coefficient (Wildman–Crippen LogP) is 5.60. The highest BCUT2D eigenvalue weighted by Crippen LogP contribution is 2.06. The first-order valence-electron chi connectivity index (χ1n) is 9.52. The lowest BCUT2D eigenvalue weighted by atomic mass is 10.1. The fourth-order valence-electron chi connectivity index (χ4n) is 2.20. The van der Waals surface area contributed by atoms with Crippen molar-refractivity contribution in [3.8, 4) is 0 Å². The number of carbonyl (C=O) groups is 2. The third-order valence-electron chi connectivity index (χ3n) is 3.58. The molecule has 0 heterocycles. The molecule has 0 fully saturated rings. The normalized spacial score (nSPS) is 9.75. The molecule has 0 N–H and O–H groups in total. The molecule has 24 heavy (non-hydrogen) atoms. The van der Waals surface area contributed by atoms with Crippen LogP contribution in [0.1, 0.15) is 90.9 Å². The van der Waals surface area contributed by atoms with Gasteiger partial charge in [0.25, 0.3) is 0 Å². The Morgan fingerprint density at radius 2 is 0.958 bits per heavy atom. The van der Waals surface area contributed by atoms with Gasteiger partial charge < -0.3 is 9.47 Å². The Kier molecular flexibility index (Phi) is 22.5. The van der Waals surface area contributed by atoms with E-state index in [9.17, 15) is 9.59 Å². The quantitative estimate of drug-likeness (QED) is 0.221. The molecule has 0 aromatic heterocycles. The SMILES string of the molecule is C=C.CCCCCCCC(=O)OCCOC(=O)CCCCCCC. The van der Waals surface area contributed by atoms with Crippen molar-refractivity contribution in [1.29, 1.82) is 0 Å². The maximum absolute atomic E-state index is 11.4. The summed E-state index contributed by atoms with van der Waals surface area (Å²) in [5.41, 5.74) is 0. The Morgan fingerprint density at radius 3 is 1.29 bits per heavy atom. The highest BCUT2D eigenvalue weighted by Gasteiger charge is 2.05. The van der Waals surface area contributed by atoms with Gasteiger partial charge in [0.2, 0.25) is 0 Å². The Morgan fingerprint density at radius 1 is 0.625 bits per heavy atom. The molecule has 0 atom stereocenters. The highest BCUT2D eigenvalue weighted by atomic mass is 16.6. The van der Waals surface area contributed by atoms with Crippen LogP contribution in [0.25, 0.3) is 0 Å². The summed E-state index contributed by atoms with van der Waals surface area (Å²) in [6.07, 6.45) is 12.1. The minimum atomic E-state index is -0.188. The van der Waals surface area contributed by atoms with Crippen LogP contribution in [0.3, 0.4) is 0 Å². The summed E-state index contributed by atoms with van der Waals surface area (Å²) in [5, 5.41) is 0.